The van der Waals surface area contributed by atoms with Gasteiger partial charge in [0.25, 0.3) is 0 Å². The first-order chi connectivity index (χ1) is 10.2. The molecule has 1 aromatic carbocycles. The van der Waals surface area contributed by atoms with Gasteiger partial charge in [-0.15, -0.1) is 0 Å². The topological polar surface area (TPSA) is 61.4 Å². The van der Waals surface area contributed by atoms with Crippen LogP contribution < -0.4 is 10.6 Å². The molecule has 1 saturated carbocycles. The fourth-order valence-electron chi connectivity index (χ4n) is 2.34. The molecule has 1 aliphatic carbocycles. The van der Waals surface area contributed by atoms with Crippen LogP contribution in [0.15, 0.2) is 24.3 Å². The number of aliphatic hydroxyl groups excluding tert-OH is 1. The van der Waals surface area contributed by atoms with Crippen molar-refractivity contribution in [3.8, 4) is 0 Å². The van der Waals surface area contributed by atoms with Gasteiger partial charge in [0.05, 0.1) is 6.10 Å². The molecule has 0 bridgehead atoms. The molecule has 0 radical (unpaired) electrons. The maximum atomic E-state index is 13.3. The number of aliphatic hydroxyl groups is 1. The van der Waals surface area contributed by atoms with Crippen molar-refractivity contribution >= 4 is 6.03 Å². The summed E-state index contributed by atoms with van der Waals surface area (Å²) in [5.74, 6) is -0.249. The number of nitrogens with one attached hydrogen (secondary N) is 2. The number of hydrogen-bond donors (Lipinski definition) is 3. The molecule has 5 heteroatoms. The highest BCUT2D eigenvalue weighted by molar-refractivity contribution is 5.74. The van der Waals surface area contributed by atoms with Crippen LogP contribution in [0.1, 0.15) is 39.2 Å². The monoisotopic (exact) mass is 308 g/mol. The van der Waals surface area contributed by atoms with Gasteiger partial charge in [-0.1, -0.05) is 32.9 Å². The van der Waals surface area contributed by atoms with Crippen molar-refractivity contribution in [3.63, 3.8) is 0 Å². The molecule has 1 unspecified atom stereocenters. The van der Waals surface area contributed by atoms with Crippen LogP contribution in [0.3, 0.4) is 0 Å². The number of amides is 2. The van der Waals surface area contributed by atoms with E-state index in [9.17, 15) is 14.3 Å². The normalized spacial score (nSPS) is 17.7. The molecule has 0 spiro atoms. The number of carbonyl (C=O) groups excluding carboxylic acids is 1. The number of benzene rings is 1. The van der Waals surface area contributed by atoms with Crippen LogP contribution in [-0.2, 0) is 5.41 Å². The van der Waals surface area contributed by atoms with Crippen molar-refractivity contribution in [3.05, 3.63) is 35.6 Å². The van der Waals surface area contributed by atoms with E-state index in [-0.39, 0.29) is 29.2 Å². The van der Waals surface area contributed by atoms with E-state index in [0.717, 1.165) is 18.4 Å². The molecular weight excluding hydrogens is 283 g/mol. The van der Waals surface area contributed by atoms with Crippen LogP contribution in [0.4, 0.5) is 9.18 Å². The van der Waals surface area contributed by atoms with E-state index in [0.29, 0.717) is 6.54 Å². The van der Waals surface area contributed by atoms with Crippen molar-refractivity contribution in [1.82, 2.24) is 10.6 Å². The molecule has 0 aliphatic heterocycles. The van der Waals surface area contributed by atoms with Gasteiger partial charge in [-0.2, -0.15) is 0 Å². The molecule has 1 aromatic rings. The van der Waals surface area contributed by atoms with Crippen LogP contribution in [0.5, 0.6) is 0 Å². The van der Waals surface area contributed by atoms with Gasteiger partial charge in [0.2, 0.25) is 0 Å². The number of rotatable bonds is 5. The van der Waals surface area contributed by atoms with Gasteiger partial charge < -0.3 is 15.7 Å². The fourth-order valence-corrected chi connectivity index (χ4v) is 2.34. The molecule has 2 rings (SSSR count). The lowest BCUT2D eigenvalue weighted by molar-refractivity contribution is 0.0650. The molecule has 4 nitrogen and oxygen atoms in total. The first-order valence-electron chi connectivity index (χ1n) is 7.69. The summed E-state index contributed by atoms with van der Waals surface area (Å²) in [6, 6.07) is 6.26. The smallest absolute Gasteiger partial charge is 0.314 e. The summed E-state index contributed by atoms with van der Waals surface area (Å²) >= 11 is 0. The standard InChI is InChI=1S/C17H25FN2O2/c1-16(2,3)14(21)10-19-15(22)20-11-17(7-8-17)12-5-4-6-13(18)9-12/h4-6,9,14,21H,7-8,10-11H2,1-3H3,(H2,19,20,22). The average molecular weight is 308 g/mol. The Morgan fingerprint density at radius 1 is 1.36 bits per heavy atom. The molecule has 1 aliphatic rings. The third-order valence-corrected chi connectivity index (χ3v) is 4.33. The third kappa shape index (κ3) is 4.19. The maximum Gasteiger partial charge on any atom is 0.314 e. The molecule has 122 valence electrons. The third-order valence-electron chi connectivity index (χ3n) is 4.33. The molecule has 0 aromatic heterocycles. The van der Waals surface area contributed by atoms with Crippen LogP contribution in [0.2, 0.25) is 0 Å². The van der Waals surface area contributed by atoms with Gasteiger partial charge in [0, 0.05) is 18.5 Å². The van der Waals surface area contributed by atoms with E-state index < -0.39 is 6.10 Å². The van der Waals surface area contributed by atoms with E-state index in [2.05, 4.69) is 10.6 Å². The Morgan fingerprint density at radius 2 is 2.05 bits per heavy atom. The van der Waals surface area contributed by atoms with Gasteiger partial charge in [0.1, 0.15) is 5.82 Å². The van der Waals surface area contributed by atoms with Gasteiger partial charge in [-0.05, 0) is 36.0 Å². The zero-order valence-electron chi connectivity index (χ0n) is 13.4. The van der Waals surface area contributed by atoms with Crippen LogP contribution in [-0.4, -0.2) is 30.3 Å². The van der Waals surface area contributed by atoms with Crippen molar-refractivity contribution in [1.29, 1.82) is 0 Å². The second-order valence-electron chi connectivity index (χ2n) is 7.24. The van der Waals surface area contributed by atoms with Crippen LogP contribution in [0, 0.1) is 11.2 Å². The molecule has 0 saturated heterocycles. The Hall–Kier alpha value is -1.62. The van der Waals surface area contributed by atoms with Crippen molar-refractivity contribution in [2.75, 3.05) is 13.1 Å². The van der Waals surface area contributed by atoms with Crippen LogP contribution >= 0.6 is 0 Å². The van der Waals surface area contributed by atoms with Gasteiger partial charge in [-0.3, -0.25) is 0 Å². The van der Waals surface area contributed by atoms with E-state index in [4.69, 9.17) is 0 Å². The van der Waals surface area contributed by atoms with Crippen LogP contribution in [0.25, 0.3) is 0 Å². The predicted octanol–water partition coefficient (Wildman–Crippen LogP) is 2.56. The van der Waals surface area contributed by atoms with Gasteiger partial charge in [-0.25, -0.2) is 9.18 Å². The molecule has 0 heterocycles. The molecule has 3 N–H and O–H groups in total. The summed E-state index contributed by atoms with van der Waals surface area (Å²) in [6.45, 7) is 6.44. The van der Waals surface area contributed by atoms with Crippen molar-refractivity contribution in [2.45, 2.75) is 45.1 Å². The number of urea groups is 1. The number of carbonyl (C=O) groups is 1. The summed E-state index contributed by atoms with van der Waals surface area (Å²) < 4.78 is 13.3. The lowest BCUT2D eigenvalue weighted by Crippen LogP contribution is -2.45. The summed E-state index contributed by atoms with van der Waals surface area (Å²) in [6.07, 6.45) is 1.29. The van der Waals surface area contributed by atoms with E-state index in [1.807, 2.05) is 26.8 Å². The average Bonchev–Trinajstić information content (AvgIpc) is 3.22. The molecule has 22 heavy (non-hydrogen) atoms. The predicted molar refractivity (Wildman–Crippen MR) is 84.2 cm³/mol. The van der Waals surface area contributed by atoms with E-state index >= 15 is 0 Å². The highest BCUT2D eigenvalue weighted by Gasteiger charge is 2.44. The zero-order valence-corrected chi connectivity index (χ0v) is 13.4. The quantitative estimate of drug-likeness (QED) is 0.783. The highest BCUT2D eigenvalue weighted by Crippen LogP contribution is 2.47. The molecule has 1 fully saturated rings. The second-order valence-corrected chi connectivity index (χ2v) is 7.24. The largest absolute Gasteiger partial charge is 0.391 e. The maximum absolute atomic E-state index is 13.3. The van der Waals surface area contributed by atoms with E-state index in [1.165, 1.54) is 12.1 Å². The molecule has 1 atom stereocenters. The zero-order chi connectivity index (χ0) is 16.4. The van der Waals surface area contributed by atoms with Gasteiger partial charge >= 0.3 is 6.03 Å². The Morgan fingerprint density at radius 3 is 2.59 bits per heavy atom. The Balaban J connectivity index is 1.82. The minimum atomic E-state index is -0.601. The first kappa shape index (κ1) is 16.7. The fraction of sp³-hybridized carbons (Fsp3) is 0.588. The highest BCUT2D eigenvalue weighted by atomic mass is 19.1. The molecular formula is C17H25FN2O2. The lowest BCUT2D eigenvalue weighted by atomic mass is 9.89. The first-order valence-corrected chi connectivity index (χ1v) is 7.69. The summed E-state index contributed by atoms with van der Waals surface area (Å²) in [7, 11) is 0. The Kier molecular flexibility index (Phi) is 4.75. The van der Waals surface area contributed by atoms with Crippen molar-refractivity contribution < 1.29 is 14.3 Å². The molecule has 2 amide bonds. The second kappa shape index (κ2) is 6.24. The van der Waals surface area contributed by atoms with E-state index in [1.54, 1.807) is 6.07 Å². The number of hydrogen-bond acceptors (Lipinski definition) is 2. The SMILES string of the molecule is CC(C)(C)C(O)CNC(=O)NCC1(c2cccc(F)c2)CC1. The van der Waals surface area contributed by atoms with Gasteiger partial charge in [0.15, 0.2) is 0 Å². The summed E-state index contributed by atoms with van der Waals surface area (Å²) in [5, 5.41) is 15.4. The Labute approximate surface area is 131 Å². The summed E-state index contributed by atoms with van der Waals surface area (Å²) in [5.41, 5.74) is 0.525. The van der Waals surface area contributed by atoms with Crippen molar-refractivity contribution in [2.24, 2.45) is 5.41 Å². The summed E-state index contributed by atoms with van der Waals surface area (Å²) in [4.78, 5) is 11.8. The minimum absolute atomic E-state index is 0.137. The Bertz CT molecular complexity index is 536. The lowest BCUT2D eigenvalue weighted by Gasteiger charge is -2.26. The number of halogens is 1. The minimum Gasteiger partial charge on any atom is -0.391 e.